The van der Waals surface area contributed by atoms with E-state index in [1.165, 1.54) is 32.1 Å². The Balaban J connectivity index is 2.45. The molecule has 0 spiro atoms. The highest BCUT2D eigenvalue weighted by molar-refractivity contribution is 4.86. The number of nitrogens with one attached hydrogen (secondary N) is 1. The molecule has 4 atom stereocenters. The molecule has 1 fully saturated rings. The first kappa shape index (κ1) is 16.9. The van der Waals surface area contributed by atoms with E-state index in [1.807, 2.05) is 6.92 Å². The van der Waals surface area contributed by atoms with Gasteiger partial charge in [0.15, 0.2) is 0 Å². The molecule has 1 rings (SSSR count). The first-order chi connectivity index (χ1) is 9.21. The summed E-state index contributed by atoms with van der Waals surface area (Å²) in [5.41, 5.74) is 0. The largest absolute Gasteiger partial charge is 0.379 e. The van der Waals surface area contributed by atoms with Crippen LogP contribution in [0.5, 0.6) is 0 Å². The van der Waals surface area contributed by atoms with Crippen LogP contribution in [0, 0.1) is 5.92 Å². The number of ether oxygens (including phenoxy) is 2. The van der Waals surface area contributed by atoms with E-state index < -0.39 is 0 Å². The van der Waals surface area contributed by atoms with E-state index in [2.05, 4.69) is 26.1 Å². The Bertz CT molecular complexity index is 223. The van der Waals surface area contributed by atoms with E-state index in [0.29, 0.717) is 18.8 Å². The molecule has 1 saturated carbocycles. The zero-order chi connectivity index (χ0) is 14.1. The van der Waals surface area contributed by atoms with Gasteiger partial charge in [0.2, 0.25) is 0 Å². The van der Waals surface area contributed by atoms with Gasteiger partial charge in [0, 0.05) is 12.6 Å². The second-order valence-corrected chi connectivity index (χ2v) is 5.79. The minimum atomic E-state index is 0.200. The molecule has 0 radical (unpaired) electrons. The molecule has 0 heterocycles. The Morgan fingerprint density at radius 3 is 2.63 bits per heavy atom. The summed E-state index contributed by atoms with van der Waals surface area (Å²) < 4.78 is 11.7. The predicted octanol–water partition coefficient (Wildman–Crippen LogP) is 3.37. The van der Waals surface area contributed by atoms with Gasteiger partial charge in [-0.1, -0.05) is 20.3 Å². The van der Waals surface area contributed by atoms with Gasteiger partial charge in [-0.2, -0.15) is 0 Å². The molecule has 0 aromatic carbocycles. The second kappa shape index (κ2) is 9.73. The Morgan fingerprint density at radius 1 is 1.21 bits per heavy atom. The standard InChI is InChI=1S/C16H33NO2/c1-5-10-17-15-9-8-14(6-2)11-16(15)19-13(4)12-18-7-3/h13-17H,5-12H2,1-4H3. The predicted molar refractivity (Wildman–Crippen MR) is 80.5 cm³/mol. The fourth-order valence-electron chi connectivity index (χ4n) is 2.92. The molecule has 19 heavy (non-hydrogen) atoms. The molecule has 0 aromatic heterocycles. The van der Waals surface area contributed by atoms with Crippen molar-refractivity contribution in [3.8, 4) is 0 Å². The van der Waals surface area contributed by atoms with Gasteiger partial charge in [0.05, 0.1) is 18.8 Å². The summed E-state index contributed by atoms with van der Waals surface area (Å²) in [5, 5.41) is 3.66. The van der Waals surface area contributed by atoms with Crippen molar-refractivity contribution in [2.24, 2.45) is 5.92 Å². The van der Waals surface area contributed by atoms with Crippen molar-refractivity contribution in [1.29, 1.82) is 0 Å². The molecular weight excluding hydrogens is 238 g/mol. The molecule has 0 aliphatic heterocycles. The van der Waals surface area contributed by atoms with Crippen LogP contribution in [0.2, 0.25) is 0 Å². The lowest BCUT2D eigenvalue weighted by molar-refractivity contribution is -0.0788. The highest BCUT2D eigenvalue weighted by Gasteiger charge is 2.31. The van der Waals surface area contributed by atoms with Gasteiger partial charge < -0.3 is 14.8 Å². The third-order valence-electron chi connectivity index (χ3n) is 4.10. The number of hydrogen-bond donors (Lipinski definition) is 1. The molecule has 0 bridgehead atoms. The summed E-state index contributed by atoms with van der Waals surface area (Å²) in [5.74, 6) is 0.837. The van der Waals surface area contributed by atoms with Gasteiger partial charge in [-0.3, -0.25) is 0 Å². The molecule has 0 saturated heterocycles. The van der Waals surface area contributed by atoms with E-state index in [4.69, 9.17) is 9.47 Å². The van der Waals surface area contributed by atoms with Crippen LogP contribution in [0.3, 0.4) is 0 Å². The van der Waals surface area contributed by atoms with Gasteiger partial charge in [0.25, 0.3) is 0 Å². The van der Waals surface area contributed by atoms with Crippen LogP contribution in [0.15, 0.2) is 0 Å². The molecule has 1 aliphatic carbocycles. The molecule has 3 nitrogen and oxygen atoms in total. The average molecular weight is 271 g/mol. The van der Waals surface area contributed by atoms with Crippen LogP contribution in [0.25, 0.3) is 0 Å². The maximum absolute atomic E-state index is 6.25. The summed E-state index contributed by atoms with van der Waals surface area (Å²) in [4.78, 5) is 0. The van der Waals surface area contributed by atoms with Crippen LogP contribution >= 0.6 is 0 Å². The van der Waals surface area contributed by atoms with E-state index >= 15 is 0 Å². The molecule has 3 heteroatoms. The minimum absolute atomic E-state index is 0.200. The molecule has 1 aliphatic rings. The van der Waals surface area contributed by atoms with Gasteiger partial charge in [0.1, 0.15) is 0 Å². The van der Waals surface area contributed by atoms with Gasteiger partial charge >= 0.3 is 0 Å². The highest BCUT2D eigenvalue weighted by atomic mass is 16.5. The van der Waals surface area contributed by atoms with Crippen molar-refractivity contribution in [3.05, 3.63) is 0 Å². The van der Waals surface area contributed by atoms with Crippen LogP contribution in [0.4, 0.5) is 0 Å². The van der Waals surface area contributed by atoms with Crippen LogP contribution in [-0.2, 0) is 9.47 Å². The van der Waals surface area contributed by atoms with Crippen molar-refractivity contribution in [3.63, 3.8) is 0 Å². The van der Waals surface area contributed by atoms with E-state index in [0.717, 1.165) is 19.1 Å². The summed E-state index contributed by atoms with van der Waals surface area (Å²) in [6.07, 6.45) is 6.83. The SMILES string of the molecule is CCCNC1CCC(CC)CC1OC(C)COCC. The highest BCUT2D eigenvalue weighted by Crippen LogP contribution is 2.29. The minimum Gasteiger partial charge on any atom is -0.379 e. The molecule has 0 amide bonds. The average Bonchev–Trinajstić information content (AvgIpc) is 2.43. The Hall–Kier alpha value is -0.120. The Labute approximate surface area is 119 Å². The summed E-state index contributed by atoms with van der Waals surface area (Å²) in [7, 11) is 0. The zero-order valence-corrected chi connectivity index (χ0v) is 13.3. The van der Waals surface area contributed by atoms with Crippen molar-refractivity contribution >= 4 is 0 Å². The molecule has 114 valence electrons. The Morgan fingerprint density at radius 2 is 2.00 bits per heavy atom. The van der Waals surface area contributed by atoms with Crippen molar-refractivity contribution in [2.75, 3.05) is 19.8 Å². The second-order valence-electron chi connectivity index (χ2n) is 5.79. The molecule has 4 unspecified atom stereocenters. The summed E-state index contributed by atoms with van der Waals surface area (Å²) >= 11 is 0. The third kappa shape index (κ3) is 6.24. The topological polar surface area (TPSA) is 30.5 Å². The fourth-order valence-corrected chi connectivity index (χ4v) is 2.92. The molecular formula is C16H33NO2. The quantitative estimate of drug-likeness (QED) is 0.697. The third-order valence-corrected chi connectivity index (χ3v) is 4.10. The lowest BCUT2D eigenvalue weighted by Crippen LogP contribution is -2.47. The zero-order valence-electron chi connectivity index (χ0n) is 13.3. The number of hydrogen-bond acceptors (Lipinski definition) is 3. The monoisotopic (exact) mass is 271 g/mol. The Kier molecular flexibility index (Phi) is 8.67. The van der Waals surface area contributed by atoms with Crippen LogP contribution < -0.4 is 5.32 Å². The van der Waals surface area contributed by atoms with E-state index in [-0.39, 0.29) is 6.10 Å². The van der Waals surface area contributed by atoms with E-state index in [9.17, 15) is 0 Å². The van der Waals surface area contributed by atoms with Crippen LogP contribution in [-0.4, -0.2) is 38.0 Å². The van der Waals surface area contributed by atoms with Gasteiger partial charge in [-0.15, -0.1) is 0 Å². The summed E-state index contributed by atoms with van der Waals surface area (Å²) in [6.45, 7) is 11.3. The molecule has 1 N–H and O–H groups in total. The lowest BCUT2D eigenvalue weighted by atomic mass is 9.82. The van der Waals surface area contributed by atoms with E-state index in [1.54, 1.807) is 0 Å². The first-order valence-corrected chi connectivity index (χ1v) is 8.17. The first-order valence-electron chi connectivity index (χ1n) is 8.17. The van der Waals surface area contributed by atoms with Crippen molar-refractivity contribution in [2.45, 2.75) is 78.0 Å². The van der Waals surface area contributed by atoms with Gasteiger partial charge in [-0.05, 0) is 52.0 Å². The fraction of sp³-hybridized carbons (Fsp3) is 1.00. The van der Waals surface area contributed by atoms with Crippen molar-refractivity contribution in [1.82, 2.24) is 5.32 Å². The number of rotatable bonds is 9. The lowest BCUT2D eigenvalue weighted by Gasteiger charge is -2.37. The van der Waals surface area contributed by atoms with Crippen LogP contribution in [0.1, 0.15) is 59.8 Å². The summed E-state index contributed by atoms with van der Waals surface area (Å²) in [6, 6.07) is 0.534. The smallest absolute Gasteiger partial charge is 0.0785 e. The molecule has 0 aromatic rings. The van der Waals surface area contributed by atoms with Crippen molar-refractivity contribution < 1.29 is 9.47 Å². The normalized spacial score (nSPS) is 29.4. The maximum Gasteiger partial charge on any atom is 0.0785 e. The van der Waals surface area contributed by atoms with Gasteiger partial charge in [-0.25, -0.2) is 0 Å². The maximum atomic E-state index is 6.25.